The Morgan fingerprint density at radius 2 is 2.17 bits per heavy atom. The average molecular weight is 316 g/mol. The quantitative estimate of drug-likeness (QED) is 0.945. The molecule has 5 nitrogen and oxygen atoms in total. The first-order chi connectivity index (χ1) is 11.0. The molecule has 1 amide bonds. The Balaban J connectivity index is 1.93. The molecule has 2 heterocycles. The molecule has 3 rings (SSSR count). The molecule has 2 aromatic rings. The minimum absolute atomic E-state index is 0.00410. The number of nitrogens with one attached hydrogen (secondary N) is 1. The highest BCUT2D eigenvalue weighted by atomic mass is 16.5. The van der Waals surface area contributed by atoms with Crippen molar-refractivity contribution in [3.63, 3.8) is 0 Å². The van der Waals surface area contributed by atoms with Gasteiger partial charge in [-0.3, -0.25) is 4.79 Å². The van der Waals surface area contributed by atoms with Gasteiger partial charge in [0.15, 0.2) is 0 Å². The van der Waals surface area contributed by atoms with Gasteiger partial charge in [0.2, 0.25) is 0 Å². The number of benzene rings is 1. The highest BCUT2D eigenvalue weighted by Crippen LogP contribution is 2.27. The van der Waals surface area contributed by atoms with Gasteiger partial charge in [0.1, 0.15) is 5.69 Å². The molecule has 124 valence electrons. The summed E-state index contributed by atoms with van der Waals surface area (Å²) in [5.41, 5.74) is 3.99. The maximum Gasteiger partial charge on any atom is 0.268 e. The molecule has 0 bridgehead atoms. The van der Waals surface area contributed by atoms with Crippen molar-refractivity contribution in [3.8, 4) is 0 Å². The minimum Gasteiger partial charge on any atom is -0.379 e. The predicted octanol–water partition coefficient (Wildman–Crippen LogP) is 2.33. The van der Waals surface area contributed by atoms with Gasteiger partial charge in [-0.1, -0.05) is 18.2 Å². The summed E-state index contributed by atoms with van der Waals surface area (Å²) < 4.78 is 13.0. The fraction of sp³-hybridized carbons (Fsp3) is 0.500. The fourth-order valence-corrected chi connectivity index (χ4v) is 3.59. The van der Waals surface area contributed by atoms with Crippen molar-refractivity contribution in [2.24, 2.45) is 7.05 Å². The van der Waals surface area contributed by atoms with Crippen molar-refractivity contribution in [1.82, 2.24) is 9.88 Å². The lowest BCUT2D eigenvalue weighted by Crippen LogP contribution is -2.50. The van der Waals surface area contributed by atoms with Gasteiger partial charge < -0.3 is 19.4 Å². The number of hydrogen-bond acceptors (Lipinski definition) is 3. The van der Waals surface area contributed by atoms with Gasteiger partial charge >= 0.3 is 0 Å². The van der Waals surface area contributed by atoms with E-state index in [2.05, 4.69) is 24.4 Å². The number of aryl methyl sites for hydroxylation is 3. The summed E-state index contributed by atoms with van der Waals surface area (Å²) >= 11 is 0. The molecular weight excluding hydrogens is 292 g/mol. The van der Waals surface area contributed by atoms with Crippen molar-refractivity contribution >= 4 is 16.8 Å². The molecular formula is C18H24N2O3. The van der Waals surface area contributed by atoms with Crippen molar-refractivity contribution < 1.29 is 14.3 Å². The third-order valence-electron chi connectivity index (χ3n) is 4.80. The lowest BCUT2D eigenvalue weighted by Gasteiger charge is -2.31. The zero-order valence-corrected chi connectivity index (χ0v) is 14.2. The van der Waals surface area contributed by atoms with Crippen LogP contribution in [-0.4, -0.2) is 42.9 Å². The van der Waals surface area contributed by atoms with Crippen LogP contribution in [-0.2, 0) is 16.5 Å². The maximum atomic E-state index is 12.9. The molecule has 2 atom stereocenters. The van der Waals surface area contributed by atoms with Crippen molar-refractivity contribution in [2.75, 3.05) is 20.3 Å². The number of hydrogen-bond donors (Lipinski definition) is 1. The Morgan fingerprint density at radius 1 is 1.39 bits per heavy atom. The average Bonchev–Trinajstić information content (AvgIpc) is 2.80. The molecule has 1 aromatic carbocycles. The van der Waals surface area contributed by atoms with Crippen LogP contribution >= 0.6 is 0 Å². The molecule has 23 heavy (non-hydrogen) atoms. The third-order valence-corrected chi connectivity index (χ3v) is 4.80. The van der Waals surface area contributed by atoms with E-state index >= 15 is 0 Å². The van der Waals surface area contributed by atoms with Gasteiger partial charge in [0.25, 0.3) is 5.91 Å². The second kappa shape index (κ2) is 6.34. The molecule has 1 N–H and O–H groups in total. The zero-order chi connectivity index (χ0) is 16.6. The van der Waals surface area contributed by atoms with E-state index in [1.165, 1.54) is 5.56 Å². The smallest absolute Gasteiger partial charge is 0.268 e. The SMILES string of the molecule is CO[C@@H]1CCOC[C@H]1NC(=O)c1c(C)c2cccc(C)c2n1C. The number of ether oxygens (including phenoxy) is 2. The Bertz CT molecular complexity index is 735. The van der Waals surface area contributed by atoms with Crippen LogP contribution in [0, 0.1) is 13.8 Å². The van der Waals surface area contributed by atoms with E-state index in [1.807, 2.05) is 24.6 Å². The molecule has 0 aliphatic carbocycles. The largest absolute Gasteiger partial charge is 0.379 e. The summed E-state index contributed by atoms with van der Waals surface area (Å²) in [7, 11) is 3.63. The number of carbonyl (C=O) groups excluding carboxylic acids is 1. The standard InChI is InChI=1S/C18H24N2O3/c1-11-6-5-7-13-12(2)17(20(3)16(11)13)18(21)19-14-10-23-9-8-15(14)22-4/h5-7,14-15H,8-10H2,1-4H3,(H,19,21)/t14-,15-/m1/s1. The van der Waals surface area contributed by atoms with E-state index in [9.17, 15) is 4.79 Å². The van der Waals surface area contributed by atoms with Crippen molar-refractivity contribution in [2.45, 2.75) is 32.4 Å². The highest BCUT2D eigenvalue weighted by Gasteiger charge is 2.29. The molecule has 0 radical (unpaired) electrons. The Morgan fingerprint density at radius 3 is 2.87 bits per heavy atom. The Hall–Kier alpha value is -1.85. The lowest BCUT2D eigenvalue weighted by molar-refractivity contribution is -0.0350. The van der Waals surface area contributed by atoms with Gasteiger partial charge in [-0.15, -0.1) is 0 Å². The molecule has 0 unspecified atom stereocenters. The third kappa shape index (κ3) is 2.75. The number of para-hydroxylation sites is 1. The second-order valence-electron chi connectivity index (χ2n) is 6.22. The molecule has 1 aromatic heterocycles. The lowest BCUT2D eigenvalue weighted by atomic mass is 10.1. The van der Waals surface area contributed by atoms with E-state index in [1.54, 1.807) is 7.11 Å². The summed E-state index contributed by atoms with van der Waals surface area (Å²) in [4.78, 5) is 12.9. The number of amides is 1. The zero-order valence-electron chi connectivity index (χ0n) is 14.2. The maximum absolute atomic E-state index is 12.9. The first-order valence-electron chi connectivity index (χ1n) is 8.00. The first-order valence-corrected chi connectivity index (χ1v) is 8.00. The first kappa shape index (κ1) is 16.0. The van der Waals surface area contributed by atoms with E-state index < -0.39 is 0 Å². The van der Waals surface area contributed by atoms with Gasteiger partial charge in [0, 0.05) is 26.2 Å². The summed E-state index contributed by atoms with van der Waals surface area (Å²) in [5.74, 6) is -0.0712. The van der Waals surface area contributed by atoms with E-state index in [-0.39, 0.29) is 18.1 Å². The minimum atomic E-state index is -0.111. The molecule has 5 heteroatoms. The van der Waals surface area contributed by atoms with Gasteiger partial charge in [-0.25, -0.2) is 0 Å². The number of nitrogens with zero attached hydrogens (tertiary/aromatic N) is 1. The van der Waals surface area contributed by atoms with E-state index in [4.69, 9.17) is 9.47 Å². The van der Waals surface area contributed by atoms with E-state index in [0.717, 1.165) is 22.9 Å². The van der Waals surface area contributed by atoms with Gasteiger partial charge in [-0.05, 0) is 31.4 Å². The summed E-state index contributed by atoms with van der Waals surface area (Å²) in [5, 5.41) is 4.21. The Labute approximate surface area is 136 Å². The predicted molar refractivity (Wildman–Crippen MR) is 89.9 cm³/mol. The van der Waals surface area contributed by atoms with Crippen molar-refractivity contribution in [1.29, 1.82) is 0 Å². The molecule has 0 spiro atoms. The summed E-state index contributed by atoms with van der Waals surface area (Å²) in [6.07, 6.45) is 0.804. The van der Waals surface area contributed by atoms with Crippen LogP contribution in [0.15, 0.2) is 18.2 Å². The van der Waals surface area contributed by atoms with Crippen LogP contribution in [0.25, 0.3) is 10.9 Å². The molecule has 0 saturated carbocycles. The number of fused-ring (bicyclic) bond motifs is 1. The molecule has 1 aliphatic heterocycles. The van der Waals surface area contributed by atoms with Crippen LogP contribution in [0.5, 0.6) is 0 Å². The number of carbonyl (C=O) groups is 1. The number of aromatic nitrogens is 1. The van der Waals surface area contributed by atoms with Crippen molar-refractivity contribution in [3.05, 3.63) is 35.0 Å². The van der Waals surface area contributed by atoms with Crippen LogP contribution in [0.2, 0.25) is 0 Å². The topological polar surface area (TPSA) is 52.5 Å². The van der Waals surface area contributed by atoms with Gasteiger partial charge in [0.05, 0.1) is 24.3 Å². The summed E-state index contributed by atoms with van der Waals surface area (Å²) in [6, 6.07) is 6.05. The normalized spacial score (nSPS) is 21.6. The fourth-order valence-electron chi connectivity index (χ4n) is 3.59. The van der Waals surface area contributed by atoms with Crippen LogP contribution in [0.1, 0.15) is 28.0 Å². The number of methoxy groups -OCH3 is 1. The van der Waals surface area contributed by atoms with Crippen LogP contribution < -0.4 is 5.32 Å². The monoisotopic (exact) mass is 316 g/mol. The highest BCUT2D eigenvalue weighted by molar-refractivity contribution is 6.02. The summed E-state index contributed by atoms with van der Waals surface area (Å²) in [6.45, 7) is 5.24. The second-order valence-corrected chi connectivity index (χ2v) is 6.22. The molecule has 1 fully saturated rings. The molecule has 1 saturated heterocycles. The Kier molecular flexibility index (Phi) is 4.41. The van der Waals surface area contributed by atoms with E-state index in [0.29, 0.717) is 18.9 Å². The number of rotatable bonds is 3. The molecule has 1 aliphatic rings. The van der Waals surface area contributed by atoms with Gasteiger partial charge in [-0.2, -0.15) is 0 Å². The van der Waals surface area contributed by atoms with Crippen LogP contribution in [0.4, 0.5) is 0 Å². The van der Waals surface area contributed by atoms with Crippen LogP contribution in [0.3, 0.4) is 0 Å².